The standard InChI is InChI=1S/C24H34N4O3S/c1-4-27(5-2)15-16-28-20-13-9-7-11-18(20)23(26-24(28)30)32-17-22(29)25-19-12-8-10-14-21(19)31-6-3/h8,10,12,14H,4-7,9,11,13,15-17H2,1-3H3,(H,25,29). The lowest BCUT2D eigenvalue weighted by Gasteiger charge is -2.24. The molecule has 1 aromatic heterocycles. The van der Waals surface area contributed by atoms with Crippen LogP contribution in [0.2, 0.25) is 0 Å². The molecule has 1 aromatic carbocycles. The number of fused-ring (bicyclic) bond motifs is 1. The third kappa shape index (κ3) is 6.13. The lowest BCUT2D eigenvalue weighted by molar-refractivity contribution is -0.113. The SMILES string of the molecule is CCOc1ccccc1NC(=O)CSc1nc(=O)n(CCN(CC)CC)c2c1CCCC2. The summed E-state index contributed by atoms with van der Waals surface area (Å²) in [5, 5.41) is 3.62. The Morgan fingerprint density at radius 1 is 1.19 bits per heavy atom. The van der Waals surface area contributed by atoms with E-state index in [1.54, 1.807) is 0 Å². The third-order valence-corrected chi connectivity index (χ3v) is 6.80. The molecular formula is C24H34N4O3S. The highest BCUT2D eigenvalue weighted by atomic mass is 32.2. The first-order valence-corrected chi connectivity index (χ1v) is 12.5. The van der Waals surface area contributed by atoms with Crippen LogP contribution in [0.25, 0.3) is 0 Å². The Morgan fingerprint density at radius 3 is 2.69 bits per heavy atom. The summed E-state index contributed by atoms with van der Waals surface area (Å²) >= 11 is 1.35. The van der Waals surface area contributed by atoms with E-state index >= 15 is 0 Å². The first kappa shape index (κ1) is 24.3. The van der Waals surface area contributed by atoms with Crippen LogP contribution in [-0.2, 0) is 24.2 Å². The summed E-state index contributed by atoms with van der Waals surface area (Å²) in [6, 6.07) is 7.40. The molecule has 0 saturated carbocycles. The molecule has 1 aliphatic carbocycles. The van der Waals surface area contributed by atoms with Gasteiger partial charge in [0.15, 0.2) is 0 Å². The Hall–Kier alpha value is -2.32. The van der Waals surface area contributed by atoms with Gasteiger partial charge in [0.2, 0.25) is 5.91 Å². The van der Waals surface area contributed by atoms with Crippen molar-refractivity contribution in [2.45, 2.75) is 58.0 Å². The van der Waals surface area contributed by atoms with E-state index in [1.807, 2.05) is 35.8 Å². The molecule has 0 unspecified atom stereocenters. The van der Waals surface area contributed by atoms with Crippen LogP contribution in [0.5, 0.6) is 5.75 Å². The number of carbonyl (C=O) groups is 1. The van der Waals surface area contributed by atoms with Crippen LogP contribution in [-0.4, -0.2) is 52.4 Å². The number of carbonyl (C=O) groups excluding carboxylic acids is 1. The van der Waals surface area contributed by atoms with Gasteiger partial charge in [0.05, 0.1) is 18.0 Å². The number of amides is 1. The summed E-state index contributed by atoms with van der Waals surface area (Å²) in [5.41, 5.74) is 2.69. The van der Waals surface area contributed by atoms with Crippen LogP contribution >= 0.6 is 11.8 Å². The van der Waals surface area contributed by atoms with Crippen LogP contribution in [0, 0.1) is 0 Å². The zero-order valence-electron chi connectivity index (χ0n) is 19.4. The topological polar surface area (TPSA) is 76.5 Å². The van der Waals surface area contributed by atoms with Crippen molar-refractivity contribution in [1.82, 2.24) is 14.5 Å². The van der Waals surface area contributed by atoms with Crippen LogP contribution in [0.3, 0.4) is 0 Å². The molecule has 3 rings (SSSR count). The predicted molar refractivity (Wildman–Crippen MR) is 130 cm³/mol. The molecule has 8 heteroatoms. The maximum Gasteiger partial charge on any atom is 0.348 e. The smallest absolute Gasteiger partial charge is 0.348 e. The van der Waals surface area contributed by atoms with E-state index in [1.165, 1.54) is 11.8 Å². The number of ether oxygens (including phenoxy) is 1. The van der Waals surface area contributed by atoms with E-state index in [9.17, 15) is 9.59 Å². The lowest BCUT2D eigenvalue weighted by Crippen LogP contribution is -2.35. The largest absolute Gasteiger partial charge is 0.492 e. The summed E-state index contributed by atoms with van der Waals surface area (Å²) in [6.45, 7) is 10.2. The summed E-state index contributed by atoms with van der Waals surface area (Å²) in [7, 11) is 0. The Kier molecular flexibility index (Phi) is 9.17. The molecule has 1 amide bonds. The molecular weight excluding hydrogens is 424 g/mol. The van der Waals surface area contributed by atoms with Crippen LogP contribution in [0.4, 0.5) is 5.69 Å². The minimum absolute atomic E-state index is 0.140. The fourth-order valence-electron chi connectivity index (χ4n) is 4.05. The quantitative estimate of drug-likeness (QED) is 0.410. The van der Waals surface area contributed by atoms with Gasteiger partial charge in [-0.1, -0.05) is 37.7 Å². The Bertz CT molecular complexity index is 972. The van der Waals surface area contributed by atoms with Crippen molar-refractivity contribution in [2.75, 3.05) is 37.3 Å². The molecule has 7 nitrogen and oxygen atoms in total. The van der Waals surface area contributed by atoms with Crippen molar-refractivity contribution >= 4 is 23.4 Å². The number of aromatic nitrogens is 2. The van der Waals surface area contributed by atoms with Crippen molar-refractivity contribution in [2.24, 2.45) is 0 Å². The zero-order valence-corrected chi connectivity index (χ0v) is 20.2. The van der Waals surface area contributed by atoms with Crippen molar-refractivity contribution < 1.29 is 9.53 Å². The molecule has 2 aromatic rings. The van der Waals surface area contributed by atoms with Crippen LogP contribution in [0.1, 0.15) is 44.9 Å². The number of benzene rings is 1. The van der Waals surface area contributed by atoms with Gasteiger partial charge in [0, 0.05) is 24.3 Å². The van der Waals surface area contributed by atoms with Crippen LogP contribution in [0.15, 0.2) is 34.1 Å². The molecule has 1 heterocycles. The van der Waals surface area contributed by atoms with Crippen molar-refractivity contribution in [3.63, 3.8) is 0 Å². The number of hydrogen-bond acceptors (Lipinski definition) is 6. The maximum absolute atomic E-state index is 12.9. The van der Waals surface area contributed by atoms with Gasteiger partial charge in [0.25, 0.3) is 0 Å². The Morgan fingerprint density at radius 2 is 1.94 bits per heavy atom. The molecule has 0 atom stereocenters. The minimum atomic E-state index is -0.206. The van der Waals surface area contributed by atoms with Crippen molar-refractivity contribution in [3.05, 3.63) is 46.0 Å². The second-order valence-electron chi connectivity index (χ2n) is 7.78. The summed E-state index contributed by atoms with van der Waals surface area (Å²) in [5.74, 6) is 0.710. The molecule has 1 N–H and O–H groups in total. The second kappa shape index (κ2) is 12.1. The average molecular weight is 459 g/mol. The number of anilines is 1. The zero-order chi connectivity index (χ0) is 22.9. The molecule has 174 valence electrons. The van der Waals surface area contributed by atoms with Gasteiger partial charge < -0.3 is 15.0 Å². The Labute approximate surface area is 194 Å². The van der Waals surface area contributed by atoms with Crippen molar-refractivity contribution in [3.8, 4) is 5.75 Å². The van der Waals surface area contributed by atoms with E-state index in [0.717, 1.165) is 56.6 Å². The molecule has 0 spiro atoms. The maximum atomic E-state index is 12.9. The number of hydrogen-bond donors (Lipinski definition) is 1. The van der Waals surface area contributed by atoms with E-state index in [2.05, 4.69) is 29.0 Å². The third-order valence-electron chi connectivity index (χ3n) is 5.79. The van der Waals surface area contributed by atoms with Gasteiger partial charge >= 0.3 is 5.69 Å². The van der Waals surface area contributed by atoms with Gasteiger partial charge in [-0.2, -0.15) is 4.98 Å². The van der Waals surface area contributed by atoms with Crippen molar-refractivity contribution in [1.29, 1.82) is 0 Å². The lowest BCUT2D eigenvalue weighted by atomic mass is 9.97. The number of para-hydroxylation sites is 2. The van der Waals surface area contributed by atoms with Gasteiger partial charge in [-0.15, -0.1) is 0 Å². The fraction of sp³-hybridized carbons (Fsp3) is 0.542. The highest BCUT2D eigenvalue weighted by molar-refractivity contribution is 8.00. The minimum Gasteiger partial charge on any atom is -0.492 e. The van der Waals surface area contributed by atoms with Gasteiger partial charge in [-0.05, 0) is 57.8 Å². The number of rotatable bonds is 11. The van der Waals surface area contributed by atoms with Gasteiger partial charge in [0.1, 0.15) is 10.8 Å². The normalized spacial score (nSPS) is 13.1. The number of thioether (sulfide) groups is 1. The van der Waals surface area contributed by atoms with E-state index in [4.69, 9.17) is 4.74 Å². The molecule has 1 aliphatic rings. The highest BCUT2D eigenvalue weighted by Crippen LogP contribution is 2.29. The molecule has 0 aliphatic heterocycles. The van der Waals surface area contributed by atoms with E-state index < -0.39 is 0 Å². The highest BCUT2D eigenvalue weighted by Gasteiger charge is 2.21. The summed E-state index contributed by atoms with van der Waals surface area (Å²) in [6.07, 6.45) is 3.97. The number of likely N-dealkylation sites (N-methyl/N-ethyl adjacent to an activating group) is 1. The number of nitrogens with one attached hydrogen (secondary N) is 1. The second-order valence-corrected chi connectivity index (χ2v) is 8.74. The molecule has 32 heavy (non-hydrogen) atoms. The Balaban J connectivity index is 1.72. The van der Waals surface area contributed by atoms with E-state index in [0.29, 0.717) is 29.6 Å². The van der Waals surface area contributed by atoms with Crippen LogP contribution < -0.4 is 15.7 Å². The first-order valence-electron chi connectivity index (χ1n) is 11.6. The number of nitrogens with zero attached hydrogens (tertiary/aromatic N) is 3. The van der Waals surface area contributed by atoms with Gasteiger partial charge in [-0.3, -0.25) is 9.36 Å². The molecule has 0 fully saturated rings. The van der Waals surface area contributed by atoms with Gasteiger partial charge in [-0.25, -0.2) is 4.79 Å². The van der Waals surface area contributed by atoms with E-state index in [-0.39, 0.29) is 17.3 Å². The summed E-state index contributed by atoms with van der Waals surface area (Å²) in [4.78, 5) is 32.2. The average Bonchev–Trinajstić information content (AvgIpc) is 2.81. The molecule has 0 radical (unpaired) electrons. The molecule has 0 saturated heterocycles. The monoisotopic (exact) mass is 458 g/mol. The predicted octanol–water partition coefficient (Wildman–Crippen LogP) is 3.59. The first-order chi connectivity index (χ1) is 15.6. The fourth-order valence-corrected chi connectivity index (χ4v) is 4.93. The molecule has 0 bridgehead atoms. The summed E-state index contributed by atoms with van der Waals surface area (Å²) < 4.78 is 7.43.